The number of aryl methyl sites for hydroxylation is 1. The van der Waals surface area contributed by atoms with E-state index in [2.05, 4.69) is 0 Å². The van der Waals surface area contributed by atoms with E-state index in [4.69, 9.17) is 11.5 Å². The molecule has 0 saturated heterocycles. The van der Waals surface area contributed by atoms with Crippen molar-refractivity contribution in [2.24, 2.45) is 5.73 Å². The van der Waals surface area contributed by atoms with Crippen LogP contribution in [0.1, 0.15) is 22.3 Å². The summed E-state index contributed by atoms with van der Waals surface area (Å²) in [6.07, 6.45) is 0.355. The average Bonchev–Trinajstić information content (AvgIpc) is 2.09. The van der Waals surface area contributed by atoms with Crippen molar-refractivity contribution in [2.45, 2.75) is 13.3 Å². The number of hydrogen-bond donors (Lipinski definition) is 2. The monoisotopic (exact) mass is 178 g/mol. The molecule has 0 aliphatic carbocycles. The molecule has 0 unspecified atom stereocenters. The van der Waals surface area contributed by atoms with Gasteiger partial charge in [0.2, 0.25) is 0 Å². The van der Waals surface area contributed by atoms with Gasteiger partial charge >= 0.3 is 0 Å². The normalized spacial score (nSPS) is 10.0. The van der Waals surface area contributed by atoms with E-state index >= 15 is 0 Å². The van der Waals surface area contributed by atoms with Crippen LogP contribution in [0.15, 0.2) is 18.2 Å². The van der Waals surface area contributed by atoms with Crippen molar-refractivity contribution in [3.63, 3.8) is 0 Å². The predicted molar refractivity (Wildman–Crippen MR) is 53.6 cm³/mol. The maximum absolute atomic E-state index is 11.5. The van der Waals surface area contributed by atoms with Crippen LogP contribution in [0.4, 0.5) is 5.69 Å². The van der Waals surface area contributed by atoms with E-state index in [1.807, 2.05) is 13.0 Å². The molecule has 70 valence electrons. The van der Waals surface area contributed by atoms with E-state index in [9.17, 15) is 4.79 Å². The fraction of sp³-hybridized carbons (Fsp3) is 0.300. The molecule has 3 heteroatoms. The smallest absolute Gasteiger partial charge is 0.166 e. The second kappa shape index (κ2) is 4.05. The molecule has 0 amide bonds. The molecule has 4 N–H and O–H groups in total. The van der Waals surface area contributed by atoms with Gasteiger partial charge in [-0.3, -0.25) is 4.79 Å². The lowest BCUT2D eigenvalue weighted by Crippen LogP contribution is -2.10. The van der Waals surface area contributed by atoms with Crippen molar-refractivity contribution in [1.82, 2.24) is 0 Å². The van der Waals surface area contributed by atoms with Gasteiger partial charge in [0.05, 0.1) is 0 Å². The van der Waals surface area contributed by atoms with E-state index in [0.29, 0.717) is 24.2 Å². The van der Waals surface area contributed by atoms with Gasteiger partial charge in [0.1, 0.15) is 0 Å². The van der Waals surface area contributed by atoms with Crippen LogP contribution in [0, 0.1) is 6.92 Å². The Morgan fingerprint density at radius 1 is 1.46 bits per heavy atom. The average molecular weight is 178 g/mol. The first-order chi connectivity index (χ1) is 6.15. The molecule has 13 heavy (non-hydrogen) atoms. The Morgan fingerprint density at radius 3 is 2.77 bits per heavy atom. The van der Waals surface area contributed by atoms with Gasteiger partial charge in [0, 0.05) is 17.7 Å². The first-order valence-corrected chi connectivity index (χ1v) is 4.24. The summed E-state index contributed by atoms with van der Waals surface area (Å²) < 4.78 is 0. The van der Waals surface area contributed by atoms with Gasteiger partial charge in [-0.2, -0.15) is 0 Å². The highest BCUT2D eigenvalue weighted by molar-refractivity contribution is 6.00. The Morgan fingerprint density at radius 2 is 2.15 bits per heavy atom. The molecule has 0 aliphatic rings. The molecule has 1 rings (SSSR count). The number of nitrogens with two attached hydrogens (primary N) is 2. The zero-order valence-corrected chi connectivity index (χ0v) is 7.71. The zero-order chi connectivity index (χ0) is 9.84. The highest BCUT2D eigenvalue weighted by Gasteiger charge is 2.08. The Bertz CT molecular complexity index is 321. The fourth-order valence-corrected chi connectivity index (χ4v) is 1.18. The van der Waals surface area contributed by atoms with Gasteiger partial charge in [-0.15, -0.1) is 0 Å². The molecule has 0 bridgehead atoms. The molecular weight excluding hydrogens is 164 g/mol. The molecular formula is C10H14N2O. The molecule has 0 fully saturated rings. The third-order valence-corrected chi connectivity index (χ3v) is 1.88. The summed E-state index contributed by atoms with van der Waals surface area (Å²) in [5.41, 5.74) is 13.1. The van der Waals surface area contributed by atoms with Gasteiger partial charge in [0.15, 0.2) is 5.78 Å². The highest BCUT2D eigenvalue weighted by atomic mass is 16.1. The van der Waals surface area contributed by atoms with E-state index in [-0.39, 0.29) is 5.78 Å². The number of hydrogen-bond acceptors (Lipinski definition) is 3. The second-order valence-corrected chi connectivity index (χ2v) is 3.05. The molecule has 0 spiro atoms. The van der Waals surface area contributed by atoms with Crippen LogP contribution in [-0.2, 0) is 0 Å². The predicted octanol–water partition coefficient (Wildman–Crippen LogP) is 1.11. The number of anilines is 1. The molecule has 0 aliphatic heterocycles. The number of Topliss-reactive ketones (excluding diaryl/α,β-unsaturated/α-hetero) is 1. The SMILES string of the molecule is Cc1ccc(N)c(C(=O)CCN)c1. The molecule has 1 aromatic carbocycles. The lowest BCUT2D eigenvalue weighted by molar-refractivity contribution is 0.0986. The third-order valence-electron chi connectivity index (χ3n) is 1.88. The molecule has 3 nitrogen and oxygen atoms in total. The van der Waals surface area contributed by atoms with Gasteiger partial charge in [0.25, 0.3) is 0 Å². The molecule has 0 heterocycles. The number of carbonyl (C=O) groups is 1. The quantitative estimate of drug-likeness (QED) is 0.538. The number of ketones is 1. The van der Waals surface area contributed by atoms with Crippen LogP contribution in [0.2, 0.25) is 0 Å². The van der Waals surface area contributed by atoms with E-state index < -0.39 is 0 Å². The number of benzene rings is 1. The van der Waals surface area contributed by atoms with Crippen molar-refractivity contribution in [3.8, 4) is 0 Å². The Kier molecular flexibility index (Phi) is 3.03. The standard InChI is InChI=1S/C10H14N2O/c1-7-2-3-9(12)8(6-7)10(13)4-5-11/h2-3,6H,4-5,11-12H2,1H3. The molecule has 0 atom stereocenters. The van der Waals surface area contributed by atoms with E-state index in [1.165, 1.54) is 0 Å². The van der Waals surface area contributed by atoms with Crippen molar-refractivity contribution in [3.05, 3.63) is 29.3 Å². The lowest BCUT2D eigenvalue weighted by atomic mass is 10.0. The Labute approximate surface area is 77.7 Å². The van der Waals surface area contributed by atoms with Gasteiger partial charge in [-0.05, 0) is 25.6 Å². The maximum Gasteiger partial charge on any atom is 0.166 e. The minimum absolute atomic E-state index is 0.0173. The number of rotatable bonds is 3. The largest absolute Gasteiger partial charge is 0.398 e. The van der Waals surface area contributed by atoms with E-state index in [1.54, 1.807) is 12.1 Å². The van der Waals surface area contributed by atoms with Gasteiger partial charge < -0.3 is 11.5 Å². The second-order valence-electron chi connectivity index (χ2n) is 3.05. The van der Waals surface area contributed by atoms with Gasteiger partial charge in [-0.1, -0.05) is 11.6 Å². The summed E-state index contributed by atoms with van der Waals surface area (Å²) in [4.78, 5) is 11.5. The number of nitrogen functional groups attached to an aromatic ring is 1. The third kappa shape index (κ3) is 2.29. The van der Waals surface area contributed by atoms with Crippen LogP contribution in [0.25, 0.3) is 0 Å². The van der Waals surface area contributed by atoms with Crippen LogP contribution < -0.4 is 11.5 Å². The highest BCUT2D eigenvalue weighted by Crippen LogP contribution is 2.15. The minimum atomic E-state index is 0.0173. The molecule has 0 radical (unpaired) electrons. The number of carbonyl (C=O) groups excluding carboxylic acids is 1. The summed E-state index contributed by atoms with van der Waals surface area (Å²) in [7, 11) is 0. The van der Waals surface area contributed by atoms with Crippen LogP contribution >= 0.6 is 0 Å². The van der Waals surface area contributed by atoms with E-state index in [0.717, 1.165) is 5.56 Å². The summed E-state index contributed by atoms with van der Waals surface area (Å²) in [6.45, 7) is 2.30. The van der Waals surface area contributed by atoms with Crippen LogP contribution in [0.5, 0.6) is 0 Å². The Hall–Kier alpha value is -1.35. The zero-order valence-electron chi connectivity index (χ0n) is 7.71. The van der Waals surface area contributed by atoms with Crippen LogP contribution in [-0.4, -0.2) is 12.3 Å². The summed E-state index contributed by atoms with van der Waals surface area (Å²) in [5.74, 6) is 0.0173. The fourth-order valence-electron chi connectivity index (χ4n) is 1.18. The molecule has 0 aromatic heterocycles. The van der Waals surface area contributed by atoms with Crippen molar-refractivity contribution in [1.29, 1.82) is 0 Å². The maximum atomic E-state index is 11.5. The van der Waals surface area contributed by atoms with Crippen molar-refractivity contribution < 1.29 is 4.79 Å². The first kappa shape index (κ1) is 9.74. The lowest BCUT2D eigenvalue weighted by Gasteiger charge is -2.04. The Balaban J connectivity index is 2.99. The summed E-state index contributed by atoms with van der Waals surface area (Å²) in [6, 6.07) is 5.43. The summed E-state index contributed by atoms with van der Waals surface area (Å²) >= 11 is 0. The summed E-state index contributed by atoms with van der Waals surface area (Å²) in [5, 5.41) is 0. The van der Waals surface area contributed by atoms with Crippen molar-refractivity contribution >= 4 is 11.5 Å². The topological polar surface area (TPSA) is 69.1 Å². The molecule has 1 aromatic rings. The van der Waals surface area contributed by atoms with Gasteiger partial charge in [-0.25, -0.2) is 0 Å². The molecule has 0 saturated carbocycles. The van der Waals surface area contributed by atoms with Crippen molar-refractivity contribution in [2.75, 3.05) is 12.3 Å². The first-order valence-electron chi connectivity index (χ1n) is 4.24. The van der Waals surface area contributed by atoms with Crippen LogP contribution in [0.3, 0.4) is 0 Å². The minimum Gasteiger partial charge on any atom is -0.398 e.